The molecule has 0 aromatic heterocycles. The lowest BCUT2D eigenvalue weighted by molar-refractivity contribution is 0.0785. The van der Waals surface area contributed by atoms with Crippen molar-refractivity contribution in [2.75, 3.05) is 19.4 Å². The molecule has 0 unspecified atom stereocenters. The molecule has 108 valence electrons. The van der Waals surface area contributed by atoms with E-state index >= 15 is 0 Å². The number of fused-ring (bicyclic) bond motifs is 1. The van der Waals surface area contributed by atoms with E-state index in [1.165, 1.54) is 0 Å². The van der Waals surface area contributed by atoms with Crippen LogP contribution in [0, 0.1) is 0 Å². The lowest BCUT2D eigenvalue weighted by Crippen LogP contribution is -2.26. The number of carbonyl (C=O) groups is 1. The van der Waals surface area contributed by atoms with Gasteiger partial charge in [-0.25, -0.2) is 0 Å². The van der Waals surface area contributed by atoms with Crippen LogP contribution in [0.5, 0.6) is 5.75 Å². The molecule has 0 spiro atoms. The second-order valence-corrected chi connectivity index (χ2v) is 5.32. The minimum absolute atomic E-state index is 0.0153. The first-order chi connectivity index (χ1) is 10.1. The molecule has 1 amide bonds. The zero-order valence-corrected chi connectivity index (χ0v) is 12.0. The van der Waals surface area contributed by atoms with Crippen LogP contribution in [0.2, 0.25) is 0 Å². The number of nitrogens with zero attached hydrogens (tertiary/aromatic N) is 1. The number of hydrogen-bond donors (Lipinski definition) is 1. The van der Waals surface area contributed by atoms with E-state index in [0.29, 0.717) is 18.7 Å². The van der Waals surface area contributed by atoms with Crippen molar-refractivity contribution in [1.82, 2.24) is 4.90 Å². The topological polar surface area (TPSA) is 55.6 Å². The van der Waals surface area contributed by atoms with Gasteiger partial charge in [0.1, 0.15) is 5.75 Å². The number of rotatable bonds is 3. The average Bonchev–Trinajstić information content (AvgIpc) is 2.96. The highest BCUT2D eigenvalue weighted by molar-refractivity contribution is 5.94. The predicted molar refractivity (Wildman–Crippen MR) is 82.3 cm³/mol. The number of carbonyl (C=O) groups excluding carboxylic acids is 1. The fourth-order valence-corrected chi connectivity index (χ4v) is 2.51. The van der Waals surface area contributed by atoms with Crippen LogP contribution in [0.15, 0.2) is 42.5 Å². The van der Waals surface area contributed by atoms with Crippen molar-refractivity contribution < 1.29 is 9.53 Å². The van der Waals surface area contributed by atoms with Gasteiger partial charge in [-0.05, 0) is 41.5 Å². The fourth-order valence-electron chi connectivity index (χ4n) is 2.51. The number of hydrogen-bond acceptors (Lipinski definition) is 3. The first-order valence-corrected chi connectivity index (χ1v) is 6.99. The van der Waals surface area contributed by atoms with E-state index in [1.807, 2.05) is 49.5 Å². The fraction of sp³-hybridized carbons (Fsp3) is 0.235. The van der Waals surface area contributed by atoms with Gasteiger partial charge in [0, 0.05) is 31.3 Å². The number of nitrogen functional groups attached to an aromatic ring is 1. The summed E-state index contributed by atoms with van der Waals surface area (Å²) in [7, 11) is 1.81. The first kappa shape index (κ1) is 13.5. The minimum Gasteiger partial charge on any atom is -0.493 e. The van der Waals surface area contributed by atoms with E-state index in [1.54, 1.807) is 4.90 Å². The molecule has 0 atom stereocenters. The van der Waals surface area contributed by atoms with E-state index in [0.717, 1.165) is 29.0 Å². The molecule has 1 aliphatic rings. The van der Waals surface area contributed by atoms with Gasteiger partial charge in [0.2, 0.25) is 0 Å². The standard InChI is InChI=1S/C17H18N2O2/c1-19(11-12-2-5-15(18)6-3-12)17(20)14-4-7-16-13(10-14)8-9-21-16/h2-7,10H,8-9,11,18H2,1H3. The van der Waals surface area contributed by atoms with Crippen LogP contribution in [0.3, 0.4) is 0 Å². The summed E-state index contributed by atoms with van der Waals surface area (Å²) in [5.41, 5.74) is 9.27. The summed E-state index contributed by atoms with van der Waals surface area (Å²) >= 11 is 0. The Hall–Kier alpha value is -2.49. The van der Waals surface area contributed by atoms with Crippen LogP contribution < -0.4 is 10.5 Å². The van der Waals surface area contributed by atoms with Gasteiger partial charge < -0.3 is 15.4 Å². The monoisotopic (exact) mass is 282 g/mol. The van der Waals surface area contributed by atoms with Crippen molar-refractivity contribution in [1.29, 1.82) is 0 Å². The summed E-state index contributed by atoms with van der Waals surface area (Å²) in [6, 6.07) is 13.2. The summed E-state index contributed by atoms with van der Waals surface area (Å²) in [5.74, 6) is 0.911. The molecular weight excluding hydrogens is 264 g/mol. The van der Waals surface area contributed by atoms with E-state index < -0.39 is 0 Å². The third kappa shape index (κ3) is 2.84. The van der Waals surface area contributed by atoms with Gasteiger partial charge in [-0.1, -0.05) is 12.1 Å². The lowest BCUT2D eigenvalue weighted by Gasteiger charge is -2.18. The second kappa shape index (κ2) is 5.48. The summed E-state index contributed by atoms with van der Waals surface area (Å²) in [6.07, 6.45) is 0.873. The van der Waals surface area contributed by atoms with E-state index in [2.05, 4.69) is 0 Å². The molecule has 0 saturated carbocycles. The predicted octanol–water partition coefficient (Wildman–Crippen LogP) is 2.48. The van der Waals surface area contributed by atoms with Gasteiger partial charge >= 0.3 is 0 Å². The molecule has 2 aromatic rings. The zero-order valence-electron chi connectivity index (χ0n) is 12.0. The van der Waals surface area contributed by atoms with Gasteiger partial charge in [-0.2, -0.15) is 0 Å². The molecule has 21 heavy (non-hydrogen) atoms. The summed E-state index contributed by atoms with van der Waals surface area (Å²) in [5, 5.41) is 0. The molecule has 0 fully saturated rings. The number of benzene rings is 2. The van der Waals surface area contributed by atoms with Crippen molar-refractivity contribution in [2.45, 2.75) is 13.0 Å². The molecule has 3 rings (SSSR count). The van der Waals surface area contributed by atoms with Gasteiger partial charge in [-0.3, -0.25) is 4.79 Å². The Labute approximate surface area is 124 Å². The lowest BCUT2D eigenvalue weighted by atomic mass is 10.1. The third-order valence-corrected chi connectivity index (χ3v) is 3.68. The van der Waals surface area contributed by atoms with Crippen LogP contribution in [0.25, 0.3) is 0 Å². The molecular formula is C17H18N2O2. The molecule has 0 aliphatic carbocycles. The number of ether oxygens (including phenoxy) is 1. The van der Waals surface area contributed by atoms with Crippen molar-refractivity contribution in [3.05, 3.63) is 59.2 Å². The van der Waals surface area contributed by atoms with Crippen molar-refractivity contribution in [2.24, 2.45) is 0 Å². The maximum absolute atomic E-state index is 12.5. The summed E-state index contributed by atoms with van der Waals surface area (Å²) in [4.78, 5) is 14.2. The minimum atomic E-state index is 0.0153. The van der Waals surface area contributed by atoms with E-state index in [9.17, 15) is 4.79 Å². The third-order valence-electron chi connectivity index (χ3n) is 3.68. The normalized spacial score (nSPS) is 12.6. The van der Waals surface area contributed by atoms with E-state index in [-0.39, 0.29) is 5.91 Å². The SMILES string of the molecule is CN(Cc1ccc(N)cc1)C(=O)c1ccc2c(c1)CCO2. The molecule has 1 heterocycles. The van der Waals surface area contributed by atoms with Crippen LogP contribution in [0.1, 0.15) is 21.5 Å². The molecule has 0 saturated heterocycles. The van der Waals surface area contributed by atoms with Gasteiger partial charge in [0.05, 0.1) is 6.61 Å². The van der Waals surface area contributed by atoms with Crippen molar-refractivity contribution in [3.63, 3.8) is 0 Å². The van der Waals surface area contributed by atoms with Crippen LogP contribution in [0.4, 0.5) is 5.69 Å². The van der Waals surface area contributed by atoms with Crippen LogP contribution >= 0.6 is 0 Å². The maximum atomic E-state index is 12.5. The highest BCUT2D eigenvalue weighted by Crippen LogP contribution is 2.26. The highest BCUT2D eigenvalue weighted by atomic mass is 16.5. The highest BCUT2D eigenvalue weighted by Gasteiger charge is 2.17. The van der Waals surface area contributed by atoms with Gasteiger partial charge in [-0.15, -0.1) is 0 Å². The molecule has 2 aromatic carbocycles. The van der Waals surface area contributed by atoms with E-state index in [4.69, 9.17) is 10.5 Å². The Morgan fingerprint density at radius 3 is 2.76 bits per heavy atom. The molecule has 4 nitrogen and oxygen atoms in total. The van der Waals surface area contributed by atoms with Crippen molar-refractivity contribution in [3.8, 4) is 5.75 Å². The van der Waals surface area contributed by atoms with Gasteiger partial charge in [0.15, 0.2) is 0 Å². The Morgan fingerprint density at radius 1 is 1.24 bits per heavy atom. The molecule has 4 heteroatoms. The van der Waals surface area contributed by atoms with Crippen LogP contribution in [-0.2, 0) is 13.0 Å². The largest absolute Gasteiger partial charge is 0.493 e. The molecule has 2 N–H and O–H groups in total. The Bertz CT molecular complexity index is 665. The van der Waals surface area contributed by atoms with Gasteiger partial charge in [0.25, 0.3) is 5.91 Å². The number of anilines is 1. The summed E-state index contributed by atoms with van der Waals surface area (Å²) in [6.45, 7) is 1.26. The average molecular weight is 282 g/mol. The maximum Gasteiger partial charge on any atom is 0.253 e. The number of nitrogens with two attached hydrogens (primary N) is 1. The zero-order chi connectivity index (χ0) is 14.8. The Kier molecular flexibility index (Phi) is 3.52. The molecule has 0 radical (unpaired) electrons. The molecule has 1 aliphatic heterocycles. The molecule has 0 bridgehead atoms. The smallest absolute Gasteiger partial charge is 0.253 e. The number of amides is 1. The quantitative estimate of drug-likeness (QED) is 0.880. The Morgan fingerprint density at radius 2 is 2.00 bits per heavy atom. The van der Waals surface area contributed by atoms with Crippen molar-refractivity contribution >= 4 is 11.6 Å². The first-order valence-electron chi connectivity index (χ1n) is 6.99. The Balaban J connectivity index is 1.73. The van der Waals surface area contributed by atoms with Crippen LogP contribution in [-0.4, -0.2) is 24.5 Å². The second-order valence-electron chi connectivity index (χ2n) is 5.32. The summed E-state index contributed by atoms with van der Waals surface area (Å²) < 4.78 is 5.46.